The number of rotatable bonds is 4. The van der Waals surface area contributed by atoms with Gasteiger partial charge in [-0.2, -0.15) is 0 Å². The van der Waals surface area contributed by atoms with E-state index in [1.165, 1.54) is 4.57 Å². The van der Waals surface area contributed by atoms with Gasteiger partial charge in [-0.05, 0) is 72.1 Å². The Hall–Kier alpha value is -7.57. The predicted octanol–water partition coefficient (Wildman–Crippen LogP) is 10.8. The van der Waals surface area contributed by atoms with Crippen molar-refractivity contribution < 1.29 is 0 Å². The van der Waals surface area contributed by atoms with Crippen LogP contribution in [0.1, 0.15) is 0 Å². The molecule has 0 unspecified atom stereocenters. The van der Waals surface area contributed by atoms with Crippen LogP contribution in [0.4, 0.5) is 0 Å². The Balaban J connectivity index is 1.28. The monoisotopic (exact) mass is 706 g/mol. The molecule has 0 radical (unpaired) electrons. The Bertz CT molecular complexity index is 3460. The molecule has 0 saturated heterocycles. The van der Waals surface area contributed by atoms with E-state index in [0.717, 1.165) is 71.6 Å². The van der Waals surface area contributed by atoms with Gasteiger partial charge in [0.1, 0.15) is 0 Å². The zero-order valence-electron chi connectivity index (χ0n) is 29.4. The molecular formula is C49H30N4O2. The molecule has 4 heterocycles. The quantitative estimate of drug-likeness (QED) is 0.183. The van der Waals surface area contributed by atoms with Gasteiger partial charge in [-0.1, -0.05) is 109 Å². The first kappa shape index (κ1) is 31.0. The van der Waals surface area contributed by atoms with Crippen molar-refractivity contribution >= 4 is 65.2 Å². The lowest BCUT2D eigenvalue weighted by Crippen LogP contribution is -2.28. The molecule has 0 aliphatic heterocycles. The second-order valence-corrected chi connectivity index (χ2v) is 13.9. The summed E-state index contributed by atoms with van der Waals surface area (Å²) >= 11 is 0. The van der Waals surface area contributed by atoms with Crippen LogP contribution < -0.4 is 11.1 Å². The lowest BCUT2D eigenvalue weighted by atomic mass is 10.0. The molecule has 0 aliphatic rings. The topological polar surface area (TPSA) is 61.8 Å². The fraction of sp³-hybridized carbons (Fsp3) is 0. The summed E-state index contributed by atoms with van der Waals surface area (Å²) in [5.41, 5.74) is 7.26. The molecule has 4 aromatic heterocycles. The van der Waals surface area contributed by atoms with Crippen molar-refractivity contribution in [2.45, 2.75) is 0 Å². The highest BCUT2D eigenvalue weighted by Gasteiger charge is 2.21. The number of benzene rings is 7. The summed E-state index contributed by atoms with van der Waals surface area (Å²) < 4.78 is 5.80. The fourth-order valence-corrected chi connectivity index (χ4v) is 8.47. The number of hydrogen-bond donors (Lipinski definition) is 0. The minimum atomic E-state index is -0.390. The zero-order chi connectivity index (χ0) is 36.6. The van der Waals surface area contributed by atoms with E-state index in [9.17, 15) is 4.79 Å². The van der Waals surface area contributed by atoms with Crippen LogP contribution in [0.5, 0.6) is 0 Å². The third-order valence-electron chi connectivity index (χ3n) is 10.9. The van der Waals surface area contributed by atoms with Gasteiger partial charge in [0.25, 0.3) is 11.1 Å². The van der Waals surface area contributed by atoms with Crippen molar-refractivity contribution in [2.75, 3.05) is 0 Å². The molecule has 0 saturated carbocycles. The van der Waals surface area contributed by atoms with E-state index in [-0.39, 0.29) is 11.1 Å². The van der Waals surface area contributed by atoms with E-state index in [0.29, 0.717) is 21.8 Å². The molecule has 11 rings (SSSR count). The van der Waals surface area contributed by atoms with E-state index >= 15 is 4.79 Å². The van der Waals surface area contributed by atoms with Gasteiger partial charge in [0.2, 0.25) is 0 Å². The molecule has 0 atom stereocenters. The van der Waals surface area contributed by atoms with Crippen LogP contribution in [0, 0.1) is 0 Å². The maximum absolute atomic E-state index is 15.0. The van der Waals surface area contributed by atoms with Gasteiger partial charge in [0.15, 0.2) is 0 Å². The minimum Gasteiger partial charge on any atom is -0.309 e. The summed E-state index contributed by atoms with van der Waals surface area (Å²) in [6, 6.07) is 58.3. The Morgan fingerprint density at radius 2 is 0.873 bits per heavy atom. The molecule has 0 bridgehead atoms. The van der Waals surface area contributed by atoms with Crippen LogP contribution in [-0.2, 0) is 0 Å². The third kappa shape index (κ3) is 4.58. The van der Waals surface area contributed by atoms with Gasteiger partial charge in [-0.25, -0.2) is 4.57 Å². The van der Waals surface area contributed by atoms with Crippen LogP contribution in [0.25, 0.3) is 93.5 Å². The van der Waals surface area contributed by atoms with Crippen LogP contribution in [0.15, 0.2) is 192 Å². The predicted molar refractivity (Wildman–Crippen MR) is 225 cm³/mol. The highest BCUT2D eigenvalue weighted by Crippen LogP contribution is 2.39. The smallest absolute Gasteiger partial charge is 0.266 e. The summed E-state index contributed by atoms with van der Waals surface area (Å²) in [5, 5.41) is 6.53. The summed E-state index contributed by atoms with van der Waals surface area (Å²) in [5.74, 6) is 0. The number of pyridine rings is 1. The number of aromatic nitrogens is 4. The molecule has 55 heavy (non-hydrogen) atoms. The highest BCUT2D eigenvalue weighted by molar-refractivity contribution is 6.25. The minimum absolute atomic E-state index is 0.373. The van der Waals surface area contributed by atoms with Crippen molar-refractivity contribution in [1.29, 1.82) is 0 Å². The third-order valence-corrected chi connectivity index (χ3v) is 10.9. The molecule has 0 amide bonds. The molecule has 0 aliphatic carbocycles. The van der Waals surface area contributed by atoms with Crippen molar-refractivity contribution in [3.05, 3.63) is 203 Å². The van der Waals surface area contributed by atoms with Crippen molar-refractivity contribution in [1.82, 2.24) is 18.7 Å². The first-order valence-corrected chi connectivity index (χ1v) is 18.3. The molecular weight excluding hydrogens is 677 g/mol. The van der Waals surface area contributed by atoms with Gasteiger partial charge >= 0.3 is 0 Å². The summed E-state index contributed by atoms with van der Waals surface area (Å²) in [4.78, 5) is 34.9. The van der Waals surface area contributed by atoms with Gasteiger partial charge in [-0.3, -0.25) is 14.6 Å². The number of nitrogens with zero attached hydrogens (tertiary/aromatic N) is 4. The van der Waals surface area contributed by atoms with E-state index in [1.54, 1.807) is 0 Å². The average molecular weight is 707 g/mol. The van der Waals surface area contributed by atoms with E-state index in [4.69, 9.17) is 4.98 Å². The van der Waals surface area contributed by atoms with Gasteiger partial charge in [0.05, 0.1) is 38.8 Å². The molecule has 7 aromatic carbocycles. The van der Waals surface area contributed by atoms with E-state index in [1.807, 2.05) is 115 Å². The maximum atomic E-state index is 15.0. The number of para-hydroxylation sites is 5. The van der Waals surface area contributed by atoms with E-state index < -0.39 is 0 Å². The van der Waals surface area contributed by atoms with Gasteiger partial charge in [0, 0.05) is 55.5 Å². The Kier molecular flexibility index (Phi) is 6.75. The lowest BCUT2D eigenvalue weighted by Gasteiger charge is -2.10. The molecule has 0 spiro atoms. The van der Waals surface area contributed by atoms with Crippen molar-refractivity contribution in [3.63, 3.8) is 0 Å². The second kappa shape index (κ2) is 12.0. The zero-order valence-corrected chi connectivity index (χ0v) is 29.4. The van der Waals surface area contributed by atoms with E-state index in [2.05, 4.69) is 75.9 Å². The largest absolute Gasteiger partial charge is 0.309 e. The fourth-order valence-electron chi connectivity index (χ4n) is 8.47. The second-order valence-electron chi connectivity index (χ2n) is 13.9. The standard InChI is InChI=1S/C49H30N4O2/c54-48-39-27-26-38-35-20-10-13-23-44(35)52(33-16-6-2-7-17-33)47(38)46(39)37-25-24-31(28-40(37)49(55)53(48)34-18-8-3-9-19-34)42-29-45-41(30-50-42)36-21-11-12-22-43(36)51(45)32-14-4-1-5-15-32/h1-30H. The highest BCUT2D eigenvalue weighted by atomic mass is 16.2. The lowest BCUT2D eigenvalue weighted by molar-refractivity contribution is 0.976. The molecule has 0 fully saturated rings. The normalized spacial score (nSPS) is 11.8. The maximum Gasteiger partial charge on any atom is 0.266 e. The Morgan fingerprint density at radius 3 is 1.55 bits per heavy atom. The van der Waals surface area contributed by atoms with Crippen LogP contribution in [-0.4, -0.2) is 18.7 Å². The van der Waals surface area contributed by atoms with Crippen LogP contribution in [0.3, 0.4) is 0 Å². The summed E-state index contributed by atoms with van der Waals surface area (Å²) in [6.07, 6.45) is 1.93. The average Bonchev–Trinajstić information content (AvgIpc) is 3.74. The summed E-state index contributed by atoms with van der Waals surface area (Å²) in [7, 11) is 0. The molecule has 11 aromatic rings. The van der Waals surface area contributed by atoms with Gasteiger partial charge < -0.3 is 9.13 Å². The van der Waals surface area contributed by atoms with Crippen LogP contribution >= 0.6 is 0 Å². The number of hydrogen-bond acceptors (Lipinski definition) is 3. The molecule has 6 heteroatoms. The molecule has 0 N–H and O–H groups in total. The molecule has 6 nitrogen and oxygen atoms in total. The van der Waals surface area contributed by atoms with Crippen molar-refractivity contribution in [3.8, 4) is 28.3 Å². The first-order chi connectivity index (χ1) is 27.2. The first-order valence-electron chi connectivity index (χ1n) is 18.3. The van der Waals surface area contributed by atoms with Gasteiger partial charge in [-0.15, -0.1) is 0 Å². The SMILES string of the molecule is O=c1c2cc(-c3cc4c(cn3)c3ccccc3n4-c3ccccc3)ccc2c2c(ccc3c4ccccc4n(-c4ccccc4)c32)c(=O)n1-c1ccccc1. The molecule has 258 valence electrons. The Morgan fingerprint density at radius 1 is 0.364 bits per heavy atom. The van der Waals surface area contributed by atoms with Crippen molar-refractivity contribution in [2.24, 2.45) is 0 Å². The summed E-state index contributed by atoms with van der Waals surface area (Å²) in [6.45, 7) is 0. The Labute approximate surface area is 314 Å². The van der Waals surface area contributed by atoms with Crippen LogP contribution in [0.2, 0.25) is 0 Å². The number of fused-ring (bicyclic) bond motifs is 10.